The van der Waals surface area contributed by atoms with Crippen molar-refractivity contribution in [3.63, 3.8) is 0 Å². The average molecular weight is 787 g/mol. The van der Waals surface area contributed by atoms with Crippen molar-refractivity contribution in [2.45, 2.75) is 109 Å². The predicted octanol–water partition coefficient (Wildman–Crippen LogP) is 6.06. The summed E-state index contributed by atoms with van der Waals surface area (Å²) in [5, 5.41) is 0.162. The standard InChI is InChI=1S/C43H54N4O8S/c1-42(2,3)33(24-39(49)46-20-9-6-10-21-46)40(50)47-27-30(23-36(47)37(48)26-43(18-11-19-43)41(51)45-56(52,53)31-15-16-31)55-38-25-34(28-12-7-5-8-13-28)44-35-22-29(54-4)14-17-32(35)38/h5,7-8,12-14,17,22,25,30-31,33,36H,6,9-11,15-16,18-21,23-24,26-27H2,1-4H3,(H,45,51)/t30-,33-,36+/m1/s1. The average Bonchev–Trinajstić information content (AvgIpc) is 3.95. The van der Waals surface area contributed by atoms with Gasteiger partial charge in [-0.25, -0.2) is 13.4 Å². The van der Waals surface area contributed by atoms with Gasteiger partial charge in [0.15, 0.2) is 5.78 Å². The van der Waals surface area contributed by atoms with Gasteiger partial charge in [-0.2, -0.15) is 0 Å². The number of piperidine rings is 1. The number of benzene rings is 2. The van der Waals surface area contributed by atoms with Crippen LogP contribution < -0.4 is 14.2 Å². The smallest absolute Gasteiger partial charge is 0.240 e. The third-order valence-corrected chi connectivity index (χ3v) is 14.0. The number of ketones is 1. The second kappa shape index (κ2) is 15.8. The Morgan fingerprint density at radius 2 is 1.68 bits per heavy atom. The molecule has 300 valence electrons. The van der Waals surface area contributed by atoms with Gasteiger partial charge in [-0.05, 0) is 62.5 Å². The number of aromatic nitrogens is 1. The molecule has 1 aromatic heterocycles. The second-order valence-corrected chi connectivity index (χ2v) is 19.2. The lowest BCUT2D eigenvalue weighted by Crippen LogP contribution is -2.52. The molecule has 2 saturated carbocycles. The zero-order valence-corrected chi connectivity index (χ0v) is 33.7. The Bertz CT molecular complexity index is 2090. The zero-order chi connectivity index (χ0) is 39.8. The number of sulfonamides is 1. The molecule has 2 saturated heterocycles. The monoisotopic (exact) mass is 786 g/mol. The van der Waals surface area contributed by atoms with E-state index in [2.05, 4.69) is 4.72 Å². The Hall–Kier alpha value is -4.52. The molecule has 4 aliphatic rings. The van der Waals surface area contributed by atoms with Crippen molar-refractivity contribution in [3.8, 4) is 22.8 Å². The van der Waals surface area contributed by atoms with E-state index >= 15 is 0 Å². The highest BCUT2D eigenvalue weighted by Crippen LogP contribution is 2.46. The highest BCUT2D eigenvalue weighted by Gasteiger charge is 2.52. The fraction of sp³-hybridized carbons (Fsp3) is 0.558. The van der Waals surface area contributed by atoms with Crippen molar-refractivity contribution >= 4 is 44.4 Å². The first-order valence-corrected chi connectivity index (χ1v) is 21.6. The van der Waals surface area contributed by atoms with Gasteiger partial charge in [-0.1, -0.05) is 57.5 Å². The first-order valence-electron chi connectivity index (χ1n) is 20.1. The molecular formula is C43H54N4O8S. The van der Waals surface area contributed by atoms with Crippen LogP contribution in [0.25, 0.3) is 22.2 Å². The summed E-state index contributed by atoms with van der Waals surface area (Å²) in [4.78, 5) is 65.0. The van der Waals surface area contributed by atoms with Crippen LogP contribution in [0.5, 0.6) is 11.5 Å². The molecule has 1 N–H and O–H groups in total. The van der Waals surface area contributed by atoms with E-state index in [0.29, 0.717) is 67.9 Å². The maximum absolute atomic E-state index is 14.9. The number of hydrogen-bond acceptors (Lipinski definition) is 9. The number of Topliss-reactive ketones (excluding diaryl/α,β-unsaturated/α-hetero) is 1. The Balaban J connectivity index is 1.20. The summed E-state index contributed by atoms with van der Waals surface area (Å²) >= 11 is 0. The van der Waals surface area contributed by atoms with Gasteiger partial charge in [0.1, 0.15) is 17.6 Å². The van der Waals surface area contributed by atoms with Crippen LogP contribution >= 0.6 is 0 Å². The van der Waals surface area contributed by atoms with E-state index in [1.165, 1.54) is 0 Å². The van der Waals surface area contributed by atoms with Crippen LogP contribution in [0.1, 0.15) is 91.4 Å². The van der Waals surface area contributed by atoms with Gasteiger partial charge in [0.25, 0.3) is 0 Å². The minimum Gasteiger partial charge on any atom is -0.497 e. The largest absolute Gasteiger partial charge is 0.497 e. The lowest BCUT2D eigenvalue weighted by atomic mass is 9.64. The molecule has 12 nitrogen and oxygen atoms in total. The summed E-state index contributed by atoms with van der Waals surface area (Å²) in [5.74, 6) is -0.862. The highest BCUT2D eigenvalue weighted by molar-refractivity contribution is 7.90. The second-order valence-electron chi connectivity index (χ2n) is 17.3. The van der Waals surface area contributed by atoms with Gasteiger partial charge in [-0.15, -0.1) is 0 Å². The van der Waals surface area contributed by atoms with Crippen molar-refractivity contribution in [1.29, 1.82) is 0 Å². The highest BCUT2D eigenvalue weighted by atomic mass is 32.2. The molecule has 0 radical (unpaired) electrons. The van der Waals surface area contributed by atoms with E-state index < -0.39 is 50.1 Å². The topological polar surface area (TPSA) is 152 Å². The van der Waals surface area contributed by atoms with Gasteiger partial charge in [0, 0.05) is 55.4 Å². The number of amides is 3. The van der Waals surface area contributed by atoms with Crippen LogP contribution in [0, 0.1) is 16.7 Å². The van der Waals surface area contributed by atoms with Crippen LogP contribution in [0.4, 0.5) is 0 Å². The van der Waals surface area contributed by atoms with Gasteiger partial charge in [-0.3, -0.25) is 23.9 Å². The number of fused-ring (bicyclic) bond motifs is 1. The Kier molecular flexibility index (Phi) is 11.2. The van der Waals surface area contributed by atoms with Crippen molar-refractivity contribution in [2.75, 3.05) is 26.7 Å². The summed E-state index contributed by atoms with van der Waals surface area (Å²) in [6.07, 6.45) is 4.81. The SMILES string of the molecule is COc1ccc2c(O[C@@H]3C[C@@H](C(=O)CC4(C(=O)NS(=O)(=O)C5CC5)CCC4)N(C(=O)[C@@H](CC(=O)N4CCCCC4)C(C)(C)C)C3)cc(-c3ccccc3)nc2c1. The van der Waals surface area contributed by atoms with Crippen molar-refractivity contribution < 1.29 is 37.1 Å². The molecule has 13 heteroatoms. The molecule has 7 rings (SSSR count). The number of nitrogens with one attached hydrogen (secondary N) is 1. The number of rotatable bonds is 13. The number of carbonyl (C=O) groups excluding carboxylic acids is 4. The Morgan fingerprint density at radius 1 is 0.964 bits per heavy atom. The van der Waals surface area contributed by atoms with E-state index in [9.17, 15) is 27.6 Å². The summed E-state index contributed by atoms with van der Waals surface area (Å²) in [7, 11) is -2.21. The Labute approximate surface area is 329 Å². The predicted molar refractivity (Wildman–Crippen MR) is 212 cm³/mol. The Morgan fingerprint density at radius 3 is 2.30 bits per heavy atom. The zero-order valence-electron chi connectivity index (χ0n) is 32.9. The number of carbonyl (C=O) groups is 4. The number of pyridine rings is 1. The number of methoxy groups -OCH3 is 1. The molecule has 3 amide bonds. The van der Waals surface area contributed by atoms with Crippen LogP contribution in [0.2, 0.25) is 0 Å². The van der Waals surface area contributed by atoms with Crippen LogP contribution in [-0.2, 0) is 29.2 Å². The van der Waals surface area contributed by atoms with Crippen LogP contribution in [0.15, 0.2) is 54.6 Å². The summed E-state index contributed by atoms with van der Waals surface area (Å²) < 4.78 is 40.1. The van der Waals surface area contributed by atoms with E-state index in [4.69, 9.17) is 14.5 Å². The quantitative estimate of drug-likeness (QED) is 0.218. The molecule has 0 unspecified atom stereocenters. The van der Waals surface area contributed by atoms with E-state index in [1.54, 1.807) is 12.0 Å². The third-order valence-electron chi connectivity index (χ3n) is 12.2. The fourth-order valence-corrected chi connectivity index (χ4v) is 9.82. The summed E-state index contributed by atoms with van der Waals surface area (Å²) in [5.41, 5.74) is 0.459. The third kappa shape index (κ3) is 8.43. The van der Waals surface area contributed by atoms with Crippen molar-refractivity contribution in [3.05, 3.63) is 54.6 Å². The van der Waals surface area contributed by atoms with Gasteiger partial charge >= 0.3 is 0 Å². The molecule has 56 heavy (non-hydrogen) atoms. The minimum absolute atomic E-state index is 0.0217. The lowest BCUT2D eigenvalue weighted by Gasteiger charge is -2.41. The van der Waals surface area contributed by atoms with E-state index in [1.807, 2.05) is 80.3 Å². The maximum atomic E-state index is 14.9. The fourth-order valence-electron chi connectivity index (χ4n) is 8.42. The lowest BCUT2D eigenvalue weighted by molar-refractivity contribution is -0.149. The molecule has 4 fully saturated rings. The molecular weight excluding hydrogens is 733 g/mol. The van der Waals surface area contributed by atoms with E-state index in [-0.39, 0.29) is 43.4 Å². The first-order chi connectivity index (χ1) is 26.7. The molecule has 3 aromatic rings. The molecule has 3 atom stereocenters. The number of nitrogens with zero attached hydrogens (tertiary/aromatic N) is 3. The maximum Gasteiger partial charge on any atom is 0.240 e. The number of ether oxygens (including phenoxy) is 2. The summed E-state index contributed by atoms with van der Waals surface area (Å²) in [6, 6.07) is 16.2. The number of likely N-dealkylation sites (tertiary alicyclic amines) is 2. The molecule has 2 aromatic carbocycles. The van der Waals surface area contributed by atoms with Crippen molar-refractivity contribution in [2.24, 2.45) is 16.7 Å². The van der Waals surface area contributed by atoms with Gasteiger partial charge in [0.2, 0.25) is 27.7 Å². The van der Waals surface area contributed by atoms with Gasteiger partial charge in [0.05, 0.1) is 47.5 Å². The normalized spacial score (nSPS) is 21.6. The molecule has 0 bridgehead atoms. The van der Waals surface area contributed by atoms with Gasteiger partial charge < -0.3 is 19.3 Å². The minimum atomic E-state index is -3.81. The number of hydrogen-bond donors (Lipinski definition) is 1. The molecule has 0 spiro atoms. The molecule has 3 heterocycles. The first kappa shape index (κ1) is 39.7. The van der Waals surface area contributed by atoms with E-state index in [0.717, 1.165) is 30.2 Å². The molecule has 2 aliphatic carbocycles. The summed E-state index contributed by atoms with van der Waals surface area (Å²) in [6.45, 7) is 7.25. The van der Waals surface area contributed by atoms with Crippen molar-refractivity contribution in [1.82, 2.24) is 19.5 Å². The van der Waals surface area contributed by atoms with Crippen LogP contribution in [0.3, 0.4) is 0 Å². The van der Waals surface area contributed by atoms with Crippen LogP contribution in [-0.4, -0.2) is 90.8 Å². The molecule has 2 aliphatic heterocycles.